The molecule has 4 nitrogen and oxygen atoms in total. The first-order valence-electron chi connectivity index (χ1n) is 7.32. The van der Waals surface area contributed by atoms with E-state index >= 15 is 0 Å². The lowest BCUT2D eigenvalue weighted by atomic mass is 9.99. The lowest BCUT2D eigenvalue weighted by Gasteiger charge is -2.19. The lowest BCUT2D eigenvalue weighted by molar-refractivity contribution is 0.475. The van der Waals surface area contributed by atoms with Crippen LogP contribution in [0.5, 0.6) is 0 Å². The zero-order valence-electron chi connectivity index (χ0n) is 12.4. The Morgan fingerprint density at radius 3 is 2.14 bits per heavy atom. The molecular weight excluding hydrogens is 298 g/mol. The lowest BCUT2D eigenvalue weighted by Crippen LogP contribution is -2.25. The van der Waals surface area contributed by atoms with Gasteiger partial charge in [0.1, 0.15) is 0 Å². The van der Waals surface area contributed by atoms with E-state index in [0.717, 1.165) is 6.42 Å². The van der Waals surface area contributed by atoms with Gasteiger partial charge < -0.3 is 5.32 Å². The predicted octanol–water partition coefficient (Wildman–Crippen LogP) is 2.84. The van der Waals surface area contributed by atoms with Crippen molar-refractivity contribution in [1.82, 2.24) is 5.32 Å². The second-order valence-electron chi connectivity index (χ2n) is 5.25. The summed E-state index contributed by atoms with van der Waals surface area (Å²) < 4.78 is 30.3. The van der Waals surface area contributed by atoms with Crippen molar-refractivity contribution in [3.8, 4) is 0 Å². The molecule has 0 saturated heterocycles. The molecule has 22 heavy (non-hydrogen) atoms. The van der Waals surface area contributed by atoms with Gasteiger partial charge in [-0.3, -0.25) is 4.55 Å². The van der Waals surface area contributed by atoms with E-state index in [4.69, 9.17) is 4.55 Å². The first-order valence-corrected chi connectivity index (χ1v) is 8.93. The minimum Gasteiger partial charge on any atom is -0.310 e. The summed E-state index contributed by atoms with van der Waals surface area (Å²) in [5, 5.41) is 3.38. The zero-order valence-corrected chi connectivity index (χ0v) is 13.2. The van der Waals surface area contributed by atoms with Crippen molar-refractivity contribution < 1.29 is 13.0 Å². The van der Waals surface area contributed by atoms with Crippen LogP contribution in [0.4, 0.5) is 0 Å². The van der Waals surface area contributed by atoms with Crippen molar-refractivity contribution in [3.05, 3.63) is 71.8 Å². The van der Waals surface area contributed by atoms with Crippen molar-refractivity contribution in [3.63, 3.8) is 0 Å². The molecule has 1 unspecified atom stereocenters. The smallest absolute Gasteiger partial charge is 0.264 e. The average molecular weight is 319 g/mol. The fourth-order valence-electron chi connectivity index (χ4n) is 2.37. The van der Waals surface area contributed by atoms with Crippen molar-refractivity contribution in [1.29, 1.82) is 0 Å². The van der Waals surface area contributed by atoms with Gasteiger partial charge in [-0.05, 0) is 30.5 Å². The van der Waals surface area contributed by atoms with E-state index in [1.54, 1.807) is 0 Å². The summed E-state index contributed by atoms with van der Waals surface area (Å²) in [4.78, 5) is 0. The summed E-state index contributed by atoms with van der Waals surface area (Å²) in [6.45, 7) is 0.534. The van der Waals surface area contributed by atoms with Gasteiger partial charge in [-0.15, -0.1) is 0 Å². The molecule has 0 aromatic heterocycles. The SMILES string of the molecule is O=S(=O)(O)CCCNC(Cc1ccccc1)c1ccccc1. The van der Waals surface area contributed by atoms with E-state index in [-0.39, 0.29) is 11.8 Å². The molecule has 118 valence electrons. The van der Waals surface area contributed by atoms with Crippen LogP contribution in [0.1, 0.15) is 23.6 Å². The largest absolute Gasteiger partial charge is 0.310 e. The highest BCUT2D eigenvalue weighted by atomic mass is 32.2. The molecule has 5 heteroatoms. The Morgan fingerprint density at radius 1 is 0.955 bits per heavy atom. The Kier molecular flexibility index (Phi) is 6.12. The van der Waals surface area contributed by atoms with Gasteiger partial charge in [-0.2, -0.15) is 8.42 Å². The molecule has 0 heterocycles. The molecule has 0 saturated carbocycles. The molecule has 0 aliphatic rings. The fourth-order valence-corrected chi connectivity index (χ4v) is 2.88. The van der Waals surface area contributed by atoms with Crippen LogP contribution in [0.3, 0.4) is 0 Å². The highest BCUT2D eigenvalue weighted by molar-refractivity contribution is 7.85. The van der Waals surface area contributed by atoms with Crippen LogP contribution < -0.4 is 5.32 Å². The monoisotopic (exact) mass is 319 g/mol. The van der Waals surface area contributed by atoms with E-state index in [0.29, 0.717) is 13.0 Å². The first-order chi connectivity index (χ1) is 10.5. The highest BCUT2D eigenvalue weighted by Crippen LogP contribution is 2.18. The summed E-state index contributed by atoms with van der Waals surface area (Å²) in [5.74, 6) is -0.215. The van der Waals surface area contributed by atoms with Gasteiger partial charge in [0, 0.05) is 6.04 Å². The van der Waals surface area contributed by atoms with Crippen LogP contribution in [0, 0.1) is 0 Å². The number of rotatable bonds is 8. The molecule has 0 spiro atoms. The molecule has 0 bridgehead atoms. The minimum absolute atomic E-state index is 0.116. The molecule has 2 rings (SSSR count). The molecule has 2 aromatic carbocycles. The van der Waals surface area contributed by atoms with E-state index in [1.165, 1.54) is 11.1 Å². The maximum Gasteiger partial charge on any atom is 0.264 e. The number of hydrogen-bond donors (Lipinski definition) is 2. The summed E-state index contributed by atoms with van der Waals surface area (Å²) in [7, 11) is -3.89. The van der Waals surface area contributed by atoms with E-state index in [1.807, 2.05) is 36.4 Å². The van der Waals surface area contributed by atoms with Gasteiger partial charge in [0.2, 0.25) is 0 Å². The van der Waals surface area contributed by atoms with Crippen LogP contribution in [0.15, 0.2) is 60.7 Å². The third-order valence-electron chi connectivity index (χ3n) is 3.45. The Morgan fingerprint density at radius 2 is 1.55 bits per heavy atom. The van der Waals surface area contributed by atoms with Crippen molar-refractivity contribution in [2.45, 2.75) is 18.9 Å². The second kappa shape index (κ2) is 8.08. The Hall–Kier alpha value is -1.69. The Balaban J connectivity index is 1.99. The molecule has 2 aromatic rings. The normalized spacial score (nSPS) is 13.0. The molecule has 1 atom stereocenters. The third-order valence-corrected chi connectivity index (χ3v) is 4.26. The van der Waals surface area contributed by atoms with Gasteiger partial charge in [0.15, 0.2) is 0 Å². The Bertz CT molecular complexity index is 657. The predicted molar refractivity (Wildman–Crippen MR) is 88.4 cm³/mol. The topological polar surface area (TPSA) is 66.4 Å². The van der Waals surface area contributed by atoms with Crippen molar-refractivity contribution in [2.24, 2.45) is 0 Å². The maximum atomic E-state index is 10.8. The molecule has 0 aliphatic carbocycles. The fraction of sp³-hybridized carbons (Fsp3) is 0.294. The van der Waals surface area contributed by atoms with Gasteiger partial charge in [0.05, 0.1) is 5.75 Å². The summed E-state index contributed by atoms with van der Waals surface area (Å²) in [6, 6.07) is 20.4. The number of benzene rings is 2. The summed E-state index contributed by atoms with van der Waals surface area (Å²) >= 11 is 0. The van der Waals surface area contributed by atoms with Gasteiger partial charge in [0.25, 0.3) is 10.1 Å². The molecule has 0 radical (unpaired) electrons. The summed E-state index contributed by atoms with van der Waals surface area (Å²) in [5.41, 5.74) is 2.39. The number of hydrogen-bond acceptors (Lipinski definition) is 3. The third kappa shape index (κ3) is 5.97. The van der Waals surface area contributed by atoms with Gasteiger partial charge in [-0.1, -0.05) is 60.7 Å². The second-order valence-corrected chi connectivity index (χ2v) is 6.82. The first kappa shape index (κ1) is 16.7. The van der Waals surface area contributed by atoms with Gasteiger partial charge >= 0.3 is 0 Å². The molecule has 0 fully saturated rings. The molecular formula is C17H21NO3S. The number of nitrogens with one attached hydrogen (secondary N) is 1. The van der Waals surface area contributed by atoms with Gasteiger partial charge in [-0.25, -0.2) is 0 Å². The molecule has 0 amide bonds. The van der Waals surface area contributed by atoms with E-state index in [9.17, 15) is 8.42 Å². The molecule has 2 N–H and O–H groups in total. The molecule has 0 aliphatic heterocycles. The van der Waals surface area contributed by atoms with Crippen LogP contribution in [-0.4, -0.2) is 25.3 Å². The van der Waals surface area contributed by atoms with Crippen molar-refractivity contribution >= 4 is 10.1 Å². The average Bonchev–Trinajstić information content (AvgIpc) is 2.51. The summed E-state index contributed by atoms with van der Waals surface area (Å²) in [6.07, 6.45) is 1.22. The van der Waals surface area contributed by atoms with Crippen LogP contribution >= 0.6 is 0 Å². The Labute approximate surface area is 131 Å². The standard InChI is InChI=1S/C17H21NO3S/c19-22(20,21)13-7-12-18-17(16-10-5-2-6-11-16)14-15-8-3-1-4-9-15/h1-6,8-11,17-18H,7,12-14H2,(H,19,20,21). The van der Waals surface area contributed by atoms with E-state index < -0.39 is 10.1 Å². The van der Waals surface area contributed by atoms with Crippen molar-refractivity contribution in [2.75, 3.05) is 12.3 Å². The minimum atomic E-state index is -3.89. The van der Waals surface area contributed by atoms with Crippen LogP contribution in [-0.2, 0) is 16.5 Å². The van der Waals surface area contributed by atoms with E-state index in [2.05, 4.69) is 29.6 Å². The highest BCUT2D eigenvalue weighted by Gasteiger charge is 2.12. The quantitative estimate of drug-likeness (QED) is 0.580. The van der Waals surface area contributed by atoms with Crippen LogP contribution in [0.25, 0.3) is 0 Å². The van der Waals surface area contributed by atoms with Crippen LogP contribution in [0.2, 0.25) is 0 Å². The zero-order chi connectivity index (χ0) is 15.8. The maximum absolute atomic E-state index is 10.8.